The standard InChI is InChI=1S/C19H22N4O3/c1-15(18-8-4-12-26-18)22(2)19(24)21-16-6-3-7-17(14-16)25-13-11-23-10-5-9-20-23/h3-10,12,14-15H,11,13H2,1-2H3,(H,21,24). The minimum Gasteiger partial charge on any atom is -0.492 e. The maximum Gasteiger partial charge on any atom is 0.322 e. The van der Waals surface area contributed by atoms with Gasteiger partial charge in [0.2, 0.25) is 0 Å². The first kappa shape index (κ1) is 17.6. The van der Waals surface area contributed by atoms with E-state index in [1.54, 1.807) is 35.2 Å². The van der Waals surface area contributed by atoms with E-state index < -0.39 is 0 Å². The quantitative estimate of drug-likeness (QED) is 0.701. The molecule has 1 atom stereocenters. The van der Waals surface area contributed by atoms with Crippen molar-refractivity contribution in [3.63, 3.8) is 0 Å². The van der Waals surface area contributed by atoms with Crippen LogP contribution >= 0.6 is 0 Å². The van der Waals surface area contributed by atoms with Crippen LogP contribution in [-0.2, 0) is 6.54 Å². The van der Waals surface area contributed by atoms with E-state index in [1.807, 2.05) is 49.5 Å². The van der Waals surface area contributed by atoms with Gasteiger partial charge >= 0.3 is 6.03 Å². The van der Waals surface area contributed by atoms with Gasteiger partial charge in [-0.15, -0.1) is 0 Å². The summed E-state index contributed by atoms with van der Waals surface area (Å²) in [5, 5.41) is 7.00. The fourth-order valence-electron chi connectivity index (χ4n) is 2.46. The second kappa shape index (κ2) is 8.24. The van der Waals surface area contributed by atoms with Crippen LogP contribution in [0.15, 0.2) is 65.5 Å². The summed E-state index contributed by atoms with van der Waals surface area (Å²) in [5.74, 6) is 1.43. The first-order valence-corrected chi connectivity index (χ1v) is 8.41. The van der Waals surface area contributed by atoms with Crippen LogP contribution in [0.4, 0.5) is 10.5 Å². The van der Waals surface area contributed by atoms with E-state index in [2.05, 4.69) is 10.4 Å². The number of furan rings is 1. The lowest BCUT2D eigenvalue weighted by Gasteiger charge is -2.23. The number of nitrogens with zero attached hydrogens (tertiary/aromatic N) is 3. The van der Waals surface area contributed by atoms with Crippen molar-refractivity contribution in [2.24, 2.45) is 0 Å². The number of hydrogen-bond acceptors (Lipinski definition) is 4. The van der Waals surface area contributed by atoms with Gasteiger partial charge in [0.25, 0.3) is 0 Å². The van der Waals surface area contributed by atoms with Gasteiger partial charge in [-0.05, 0) is 37.3 Å². The molecule has 0 aliphatic carbocycles. The molecule has 0 spiro atoms. The molecule has 26 heavy (non-hydrogen) atoms. The second-order valence-corrected chi connectivity index (χ2v) is 5.88. The summed E-state index contributed by atoms with van der Waals surface area (Å²) in [6.45, 7) is 3.06. The van der Waals surface area contributed by atoms with Gasteiger partial charge in [0.05, 0.1) is 18.8 Å². The summed E-state index contributed by atoms with van der Waals surface area (Å²) in [4.78, 5) is 14.0. The largest absolute Gasteiger partial charge is 0.492 e. The molecule has 0 radical (unpaired) electrons. The number of aromatic nitrogens is 2. The van der Waals surface area contributed by atoms with Gasteiger partial charge in [0, 0.05) is 31.2 Å². The first-order chi connectivity index (χ1) is 12.6. The van der Waals surface area contributed by atoms with Gasteiger partial charge in [-0.2, -0.15) is 5.10 Å². The third-order valence-electron chi connectivity index (χ3n) is 4.09. The average Bonchev–Trinajstić information content (AvgIpc) is 3.34. The zero-order chi connectivity index (χ0) is 18.4. The van der Waals surface area contributed by atoms with Gasteiger partial charge in [-0.1, -0.05) is 6.07 Å². The van der Waals surface area contributed by atoms with E-state index in [0.29, 0.717) is 24.6 Å². The van der Waals surface area contributed by atoms with Crippen molar-refractivity contribution in [1.29, 1.82) is 0 Å². The number of carbonyl (C=O) groups is 1. The van der Waals surface area contributed by atoms with Crippen molar-refractivity contribution in [3.05, 3.63) is 66.9 Å². The van der Waals surface area contributed by atoms with Crippen LogP contribution in [0.5, 0.6) is 5.75 Å². The minimum absolute atomic E-state index is 0.168. The predicted molar refractivity (Wildman–Crippen MR) is 98.1 cm³/mol. The Labute approximate surface area is 152 Å². The number of hydrogen-bond donors (Lipinski definition) is 1. The highest BCUT2D eigenvalue weighted by atomic mass is 16.5. The number of carbonyl (C=O) groups excluding carboxylic acids is 1. The number of anilines is 1. The number of ether oxygens (including phenoxy) is 1. The molecule has 0 bridgehead atoms. The lowest BCUT2D eigenvalue weighted by atomic mass is 10.2. The van der Waals surface area contributed by atoms with E-state index in [-0.39, 0.29) is 12.1 Å². The van der Waals surface area contributed by atoms with Crippen molar-refractivity contribution < 1.29 is 13.9 Å². The molecule has 3 aromatic rings. The molecule has 1 aromatic carbocycles. The fraction of sp³-hybridized carbons (Fsp3) is 0.263. The van der Waals surface area contributed by atoms with Crippen molar-refractivity contribution in [1.82, 2.24) is 14.7 Å². The molecular weight excluding hydrogens is 332 g/mol. The molecule has 2 aromatic heterocycles. The van der Waals surface area contributed by atoms with Crippen molar-refractivity contribution in [2.45, 2.75) is 19.5 Å². The van der Waals surface area contributed by atoms with Gasteiger partial charge < -0.3 is 19.4 Å². The summed E-state index contributed by atoms with van der Waals surface area (Å²) in [6.07, 6.45) is 5.22. The Hall–Kier alpha value is -3.22. The topological polar surface area (TPSA) is 72.5 Å². The molecule has 0 fully saturated rings. The first-order valence-electron chi connectivity index (χ1n) is 8.41. The van der Waals surface area contributed by atoms with Gasteiger partial charge in [0.15, 0.2) is 0 Å². The SMILES string of the molecule is CC(c1ccco1)N(C)C(=O)Nc1cccc(OCCn2cccn2)c1. The zero-order valence-electron chi connectivity index (χ0n) is 14.8. The van der Waals surface area contributed by atoms with Crippen molar-refractivity contribution >= 4 is 11.7 Å². The van der Waals surface area contributed by atoms with Crippen LogP contribution in [0.25, 0.3) is 0 Å². The van der Waals surface area contributed by atoms with E-state index in [9.17, 15) is 4.79 Å². The van der Waals surface area contributed by atoms with Crippen LogP contribution < -0.4 is 10.1 Å². The highest BCUT2D eigenvalue weighted by Crippen LogP contribution is 2.21. The highest BCUT2D eigenvalue weighted by molar-refractivity contribution is 5.89. The van der Waals surface area contributed by atoms with Gasteiger partial charge in [0.1, 0.15) is 18.1 Å². The lowest BCUT2D eigenvalue weighted by molar-refractivity contribution is 0.201. The molecule has 7 heteroatoms. The Morgan fingerprint density at radius 3 is 2.96 bits per heavy atom. The molecule has 3 rings (SSSR count). The third kappa shape index (κ3) is 4.44. The summed E-state index contributed by atoms with van der Waals surface area (Å²) in [7, 11) is 1.73. The van der Waals surface area contributed by atoms with Gasteiger partial charge in [-0.25, -0.2) is 4.79 Å². The Balaban J connectivity index is 1.54. The van der Waals surface area contributed by atoms with Crippen molar-refractivity contribution in [3.8, 4) is 5.75 Å². The maximum atomic E-state index is 12.5. The molecule has 0 saturated carbocycles. The van der Waals surface area contributed by atoms with E-state index in [4.69, 9.17) is 9.15 Å². The fourth-order valence-corrected chi connectivity index (χ4v) is 2.46. The number of nitrogens with one attached hydrogen (secondary N) is 1. The molecule has 136 valence electrons. The smallest absolute Gasteiger partial charge is 0.322 e. The molecule has 2 heterocycles. The molecule has 1 N–H and O–H groups in total. The second-order valence-electron chi connectivity index (χ2n) is 5.88. The molecular formula is C19H22N4O3. The van der Waals surface area contributed by atoms with Crippen LogP contribution in [0.3, 0.4) is 0 Å². The number of rotatable bonds is 7. The van der Waals surface area contributed by atoms with Crippen molar-refractivity contribution in [2.75, 3.05) is 19.0 Å². The Bertz CT molecular complexity index is 815. The van der Waals surface area contributed by atoms with E-state index >= 15 is 0 Å². The van der Waals surface area contributed by atoms with E-state index in [1.165, 1.54) is 0 Å². The number of urea groups is 1. The van der Waals surface area contributed by atoms with Crippen LogP contribution in [0.1, 0.15) is 18.7 Å². The number of amides is 2. The zero-order valence-corrected chi connectivity index (χ0v) is 14.8. The summed E-state index contributed by atoms with van der Waals surface area (Å²) >= 11 is 0. The van der Waals surface area contributed by atoms with Crippen LogP contribution in [0.2, 0.25) is 0 Å². The van der Waals surface area contributed by atoms with Gasteiger partial charge in [-0.3, -0.25) is 4.68 Å². The molecule has 7 nitrogen and oxygen atoms in total. The Morgan fingerprint density at radius 1 is 1.35 bits per heavy atom. The van der Waals surface area contributed by atoms with Crippen LogP contribution in [0, 0.1) is 0 Å². The highest BCUT2D eigenvalue weighted by Gasteiger charge is 2.19. The molecule has 1 unspecified atom stereocenters. The molecule has 2 amide bonds. The average molecular weight is 354 g/mol. The summed E-state index contributed by atoms with van der Waals surface area (Å²) < 4.78 is 12.9. The molecule has 0 aliphatic heterocycles. The lowest BCUT2D eigenvalue weighted by Crippen LogP contribution is -2.33. The Morgan fingerprint density at radius 2 is 2.23 bits per heavy atom. The minimum atomic E-state index is -0.220. The third-order valence-corrected chi connectivity index (χ3v) is 4.09. The van der Waals surface area contributed by atoms with Crippen LogP contribution in [-0.4, -0.2) is 34.4 Å². The monoisotopic (exact) mass is 354 g/mol. The maximum absolute atomic E-state index is 12.5. The summed E-state index contributed by atoms with van der Waals surface area (Å²) in [5.41, 5.74) is 0.671. The predicted octanol–water partition coefficient (Wildman–Crippen LogP) is 3.78. The molecule has 0 saturated heterocycles. The summed E-state index contributed by atoms with van der Waals surface area (Å²) in [6, 6.07) is 12.5. The number of benzene rings is 1. The normalized spacial score (nSPS) is 11.8. The van der Waals surface area contributed by atoms with E-state index in [0.717, 1.165) is 5.76 Å². The Kier molecular flexibility index (Phi) is 5.58. The molecule has 0 aliphatic rings.